The van der Waals surface area contributed by atoms with Crippen LogP contribution in [0, 0.1) is 5.92 Å². The Bertz CT molecular complexity index is 933. The Morgan fingerprint density at radius 3 is 2.45 bits per heavy atom. The molecule has 2 aromatic carbocycles. The lowest BCUT2D eigenvalue weighted by Crippen LogP contribution is -2.23. The molecule has 0 aliphatic heterocycles. The van der Waals surface area contributed by atoms with Crippen LogP contribution >= 0.6 is 12.6 Å². The SMILES string of the molecule is CC(=O)c1ccc(NC(=O)O[C@H](c2cccc(OCCO)c2)[C@@H](C)CCOC(=O)CS)cc1. The van der Waals surface area contributed by atoms with Gasteiger partial charge in [-0.2, -0.15) is 12.6 Å². The Kier molecular flexibility index (Phi) is 10.7. The first kappa shape index (κ1) is 26.2. The van der Waals surface area contributed by atoms with Crippen molar-refractivity contribution in [2.24, 2.45) is 5.92 Å². The van der Waals surface area contributed by atoms with Gasteiger partial charge in [0.2, 0.25) is 0 Å². The van der Waals surface area contributed by atoms with Gasteiger partial charge in [0.05, 0.1) is 19.0 Å². The van der Waals surface area contributed by atoms with Crippen molar-refractivity contribution in [2.45, 2.75) is 26.4 Å². The van der Waals surface area contributed by atoms with Crippen LogP contribution in [0.1, 0.15) is 42.3 Å². The van der Waals surface area contributed by atoms with Crippen LogP contribution in [0.5, 0.6) is 5.75 Å². The first-order valence-corrected chi connectivity index (χ1v) is 11.2. The molecule has 0 aliphatic rings. The molecule has 0 saturated heterocycles. The molecule has 0 spiro atoms. The lowest BCUT2D eigenvalue weighted by atomic mass is 9.94. The molecule has 2 aromatic rings. The Morgan fingerprint density at radius 1 is 1.09 bits per heavy atom. The van der Waals surface area contributed by atoms with Gasteiger partial charge >= 0.3 is 12.1 Å². The standard InChI is InChI=1S/C24H29NO7S/c1-16(10-12-31-22(28)15-33)23(19-4-3-5-21(14-19)30-13-11-26)32-24(29)25-20-8-6-18(7-9-20)17(2)27/h3-9,14,16,23,26,33H,10-13,15H2,1-2H3,(H,25,29)/t16-,23-/m0/s1. The monoisotopic (exact) mass is 475 g/mol. The average Bonchev–Trinajstić information content (AvgIpc) is 2.81. The molecule has 9 heteroatoms. The number of nitrogens with one attached hydrogen (secondary N) is 1. The minimum absolute atomic E-state index is 0.0105. The van der Waals surface area contributed by atoms with Crippen LogP contribution in [0.3, 0.4) is 0 Å². The summed E-state index contributed by atoms with van der Waals surface area (Å²) in [5.41, 5.74) is 1.72. The second-order valence-corrected chi connectivity index (χ2v) is 7.69. The number of ketones is 1. The third-order valence-corrected chi connectivity index (χ3v) is 5.06. The number of carbonyl (C=O) groups excluding carboxylic acids is 3. The molecule has 0 fully saturated rings. The van der Waals surface area contributed by atoms with E-state index in [1.807, 2.05) is 13.0 Å². The molecule has 0 aliphatic carbocycles. The largest absolute Gasteiger partial charge is 0.491 e. The van der Waals surface area contributed by atoms with Gasteiger partial charge in [-0.1, -0.05) is 19.1 Å². The summed E-state index contributed by atoms with van der Waals surface area (Å²) in [7, 11) is 0. The lowest BCUT2D eigenvalue weighted by Gasteiger charge is -2.25. The number of aliphatic hydroxyl groups is 1. The van der Waals surface area contributed by atoms with Crippen LogP contribution in [-0.4, -0.2) is 48.5 Å². The van der Waals surface area contributed by atoms with E-state index in [-0.39, 0.29) is 37.3 Å². The molecule has 1 amide bonds. The Hall–Kier alpha value is -3.04. The number of anilines is 1. The zero-order valence-corrected chi connectivity index (χ0v) is 19.5. The van der Waals surface area contributed by atoms with Crippen LogP contribution in [0.4, 0.5) is 10.5 Å². The van der Waals surface area contributed by atoms with E-state index in [0.717, 1.165) is 0 Å². The fourth-order valence-corrected chi connectivity index (χ4v) is 3.16. The van der Waals surface area contributed by atoms with E-state index < -0.39 is 18.2 Å². The Labute approximate surface area is 198 Å². The van der Waals surface area contributed by atoms with Crippen molar-refractivity contribution in [1.82, 2.24) is 0 Å². The molecule has 0 heterocycles. The summed E-state index contributed by atoms with van der Waals surface area (Å²) < 4.78 is 16.3. The smallest absolute Gasteiger partial charge is 0.412 e. The number of rotatable bonds is 12. The van der Waals surface area contributed by atoms with Crippen LogP contribution in [-0.2, 0) is 14.3 Å². The number of ether oxygens (including phenoxy) is 3. The van der Waals surface area contributed by atoms with Gasteiger partial charge in [0, 0.05) is 17.2 Å². The highest BCUT2D eigenvalue weighted by molar-refractivity contribution is 7.81. The maximum Gasteiger partial charge on any atom is 0.412 e. The number of esters is 1. The predicted octanol–water partition coefficient (Wildman–Crippen LogP) is 4.05. The summed E-state index contributed by atoms with van der Waals surface area (Å²) in [4.78, 5) is 35.4. The molecule has 0 saturated carbocycles. The van der Waals surface area contributed by atoms with E-state index in [9.17, 15) is 14.4 Å². The van der Waals surface area contributed by atoms with Crippen molar-refractivity contribution >= 4 is 36.2 Å². The highest BCUT2D eigenvalue weighted by atomic mass is 32.1. The number of aliphatic hydroxyl groups excluding tert-OH is 1. The lowest BCUT2D eigenvalue weighted by molar-refractivity contribution is -0.141. The fraction of sp³-hybridized carbons (Fsp3) is 0.375. The van der Waals surface area contributed by atoms with Gasteiger partial charge in [-0.3, -0.25) is 14.9 Å². The van der Waals surface area contributed by atoms with E-state index in [4.69, 9.17) is 19.3 Å². The highest BCUT2D eigenvalue weighted by Gasteiger charge is 2.25. The van der Waals surface area contributed by atoms with Gasteiger partial charge in [0.25, 0.3) is 0 Å². The first-order chi connectivity index (χ1) is 15.8. The summed E-state index contributed by atoms with van der Waals surface area (Å²) in [5.74, 6) is -0.168. The maximum atomic E-state index is 12.6. The first-order valence-electron chi connectivity index (χ1n) is 10.5. The van der Waals surface area contributed by atoms with Gasteiger partial charge in [0.1, 0.15) is 18.5 Å². The Morgan fingerprint density at radius 2 is 1.82 bits per heavy atom. The number of thiol groups is 1. The number of benzene rings is 2. The van der Waals surface area contributed by atoms with E-state index >= 15 is 0 Å². The quantitative estimate of drug-likeness (QED) is 0.241. The minimum atomic E-state index is -0.670. The molecule has 8 nitrogen and oxygen atoms in total. The minimum Gasteiger partial charge on any atom is -0.491 e. The van der Waals surface area contributed by atoms with E-state index in [1.165, 1.54) is 6.92 Å². The molecule has 33 heavy (non-hydrogen) atoms. The number of carbonyl (C=O) groups is 3. The van der Waals surface area contributed by atoms with Gasteiger partial charge < -0.3 is 19.3 Å². The van der Waals surface area contributed by atoms with Crippen LogP contribution in [0.25, 0.3) is 0 Å². The van der Waals surface area contributed by atoms with Crippen LogP contribution < -0.4 is 10.1 Å². The topological polar surface area (TPSA) is 111 Å². The molecule has 2 N–H and O–H groups in total. The predicted molar refractivity (Wildman–Crippen MR) is 127 cm³/mol. The molecule has 0 aromatic heterocycles. The molecular formula is C24H29NO7S. The molecule has 2 rings (SSSR count). The third-order valence-electron chi connectivity index (χ3n) is 4.80. The van der Waals surface area contributed by atoms with E-state index in [0.29, 0.717) is 29.0 Å². The van der Waals surface area contributed by atoms with Crippen LogP contribution in [0.2, 0.25) is 0 Å². The molecular weight excluding hydrogens is 446 g/mol. The number of hydrogen-bond donors (Lipinski definition) is 3. The summed E-state index contributed by atoms with van der Waals surface area (Å²) in [6, 6.07) is 13.5. The summed E-state index contributed by atoms with van der Waals surface area (Å²) >= 11 is 3.88. The highest BCUT2D eigenvalue weighted by Crippen LogP contribution is 2.31. The summed E-state index contributed by atoms with van der Waals surface area (Å²) in [6.07, 6.45) is -0.878. The summed E-state index contributed by atoms with van der Waals surface area (Å²) in [6.45, 7) is 3.53. The van der Waals surface area contributed by atoms with E-state index in [2.05, 4.69) is 17.9 Å². The normalized spacial score (nSPS) is 12.4. The number of amides is 1. The molecule has 0 unspecified atom stereocenters. The maximum absolute atomic E-state index is 12.6. The molecule has 0 bridgehead atoms. The van der Waals surface area contributed by atoms with Crippen LogP contribution in [0.15, 0.2) is 48.5 Å². The zero-order valence-electron chi connectivity index (χ0n) is 18.7. The van der Waals surface area contributed by atoms with E-state index in [1.54, 1.807) is 42.5 Å². The number of Topliss-reactive ketones (excluding diaryl/α,β-unsaturated/α-hetero) is 1. The second kappa shape index (κ2) is 13.5. The van der Waals surface area contributed by atoms with Gasteiger partial charge in [-0.15, -0.1) is 0 Å². The van der Waals surface area contributed by atoms with Crippen molar-refractivity contribution in [3.05, 3.63) is 59.7 Å². The van der Waals surface area contributed by atoms with Gasteiger partial charge in [-0.25, -0.2) is 4.79 Å². The number of hydrogen-bond acceptors (Lipinski definition) is 8. The summed E-state index contributed by atoms with van der Waals surface area (Å²) in [5, 5.41) is 11.7. The Balaban J connectivity index is 2.14. The van der Waals surface area contributed by atoms with Gasteiger partial charge in [0.15, 0.2) is 5.78 Å². The van der Waals surface area contributed by atoms with Crippen molar-refractivity contribution in [2.75, 3.05) is 30.9 Å². The molecule has 0 radical (unpaired) electrons. The van der Waals surface area contributed by atoms with Crippen molar-refractivity contribution in [3.63, 3.8) is 0 Å². The molecule has 2 atom stereocenters. The van der Waals surface area contributed by atoms with Crippen molar-refractivity contribution in [1.29, 1.82) is 0 Å². The molecule has 178 valence electrons. The second-order valence-electron chi connectivity index (χ2n) is 7.37. The third kappa shape index (κ3) is 8.78. The zero-order chi connectivity index (χ0) is 24.2. The van der Waals surface area contributed by atoms with Crippen molar-refractivity contribution < 1.29 is 33.7 Å². The average molecular weight is 476 g/mol. The fourth-order valence-electron chi connectivity index (χ4n) is 3.06. The van der Waals surface area contributed by atoms with Gasteiger partial charge in [-0.05, 0) is 55.3 Å². The van der Waals surface area contributed by atoms with Crippen molar-refractivity contribution in [3.8, 4) is 5.75 Å².